The molecule has 1 atom stereocenters. The van der Waals surface area contributed by atoms with Crippen LogP contribution in [0, 0.1) is 0 Å². The molecular weight excluding hydrogens is 209 g/mol. The molecule has 0 aromatic carbocycles. The lowest BCUT2D eigenvalue weighted by molar-refractivity contribution is 0.202. The topological polar surface area (TPSA) is 20.3 Å². The Labute approximate surface area is 89.5 Å². The Morgan fingerprint density at radius 3 is 2.15 bits per heavy atom. The molecular formula is C9H15Cl2NO. The predicted molar refractivity (Wildman–Crippen MR) is 57.3 cm³/mol. The lowest BCUT2D eigenvalue weighted by Gasteiger charge is -2.30. The van der Waals surface area contributed by atoms with E-state index in [1.54, 1.807) is 12.3 Å². The van der Waals surface area contributed by atoms with E-state index in [2.05, 4.69) is 0 Å². The molecule has 4 heteroatoms. The molecule has 0 radical (unpaired) electrons. The number of hydrogen-bond acceptors (Lipinski definition) is 1. The van der Waals surface area contributed by atoms with Gasteiger partial charge in [-0.05, 0) is 39.3 Å². The van der Waals surface area contributed by atoms with Crippen LogP contribution in [0.1, 0.15) is 27.7 Å². The van der Waals surface area contributed by atoms with Gasteiger partial charge in [-0.1, -0.05) is 6.08 Å². The molecule has 2 nitrogen and oxygen atoms in total. The fourth-order valence-corrected chi connectivity index (χ4v) is 1.13. The van der Waals surface area contributed by atoms with Crippen molar-refractivity contribution < 1.29 is 4.79 Å². The van der Waals surface area contributed by atoms with Crippen molar-refractivity contribution >= 4 is 28.6 Å². The van der Waals surface area contributed by atoms with E-state index >= 15 is 0 Å². The number of nitrogens with zero attached hydrogens (tertiary/aromatic N) is 1. The van der Waals surface area contributed by atoms with Crippen molar-refractivity contribution in [3.63, 3.8) is 0 Å². The summed E-state index contributed by atoms with van der Waals surface area (Å²) in [4.78, 5) is 12.4. The van der Waals surface area contributed by atoms with Gasteiger partial charge in [0.25, 0.3) is 0 Å². The first kappa shape index (κ1) is 12.8. The van der Waals surface area contributed by atoms with Gasteiger partial charge in [-0.3, -0.25) is 4.79 Å². The second-order valence-corrected chi connectivity index (χ2v) is 4.82. The van der Waals surface area contributed by atoms with Gasteiger partial charge in [0.2, 0.25) is 0 Å². The molecule has 0 saturated carbocycles. The second-order valence-electron chi connectivity index (χ2n) is 3.81. The van der Waals surface area contributed by atoms with Crippen LogP contribution in [0.2, 0.25) is 0 Å². The highest BCUT2D eigenvalue weighted by atomic mass is 35.5. The molecule has 0 aliphatic heterocycles. The number of allylic oxidation sites excluding steroid dienone is 1. The highest BCUT2D eigenvalue weighted by molar-refractivity contribution is 6.63. The van der Waals surface area contributed by atoms with Gasteiger partial charge in [-0.2, -0.15) is 0 Å². The molecule has 0 N–H and O–H groups in total. The van der Waals surface area contributed by atoms with Crippen molar-refractivity contribution in [2.45, 2.75) is 38.6 Å². The fourth-order valence-electron chi connectivity index (χ4n) is 0.751. The first-order valence-corrected chi connectivity index (χ1v) is 4.88. The average Bonchev–Trinajstić information content (AvgIpc) is 1.81. The maximum Gasteiger partial charge on any atom is 0.320 e. The quantitative estimate of drug-likeness (QED) is 0.398. The SMILES string of the molecule is CC(Cl)/C=C/N(C(=O)Cl)C(C)(C)C. The third-order valence-electron chi connectivity index (χ3n) is 1.41. The predicted octanol–water partition coefficient (Wildman–Crippen LogP) is 3.59. The fraction of sp³-hybridized carbons (Fsp3) is 0.667. The normalized spacial score (nSPS) is 14.6. The van der Waals surface area contributed by atoms with Crippen LogP contribution >= 0.6 is 23.2 Å². The number of carbonyl (C=O) groups excluding carboxylic acids is 1. The molecule has 0 aliphatic carbocycles. The van der Waals surface area contributed by atoms with Gasteiger partial charge in [-0.15, -0.1) is 11.6 Å². The molecule has 0 saturated heterocycles. The summed E-state index contributed by atoms with van der Waals surface area (Å²) in [6.45, 7) is 7.52. The summed E-state index contributed by atoms with van der Waals surface area (Å²) >= 11 is 11.1. The maximum atomic E-state index is 11.0. The summed E-state index contributed by atoms with van der Waals surface area (Å²) in [5.74, 6) is 0. The lowest BCUT2D eigenvalue weighted by Crippen LogP contribution is -2.38. The number of alkyl halides is 1. The molecule has 1 amide bonds. The van der Waals surface area contributed by atoms with Crippen molar-refractivity contribution in [3.05, 3.63) is 12.3 Å². The summed E-state index contributed by atoms with van der Waals surface area (Å²) in [6, 6.07) is 0. The maximum absolute atomic E-state index is 11.0. The summed E-state index contributed by atoms with van der Waals surface area (Å²) in [5, 5.41) is -0.609. The molecule has 0 fully saturated rings. The van der Waals surface area contributed by atoms with Gasteiger partial charge >= 0.3 is 5.37 Å². The van der Waals surface area contributed by atoms with Crippen LogP contribution in [-0.4, -0.2) is 21.2 Å². The van der Waals surface area contributed by atoms with Crippen molar-refractivity contribution in [3.8, 4) is 0 Å². The minimum absolute atomic E-state index is 0.110. The van der Waals surface area contributed by atoms with Gasteiger partial charge in [-0.25, -0.2) is 0 Å². The first-order valence-electron chi connectivity index (χ1n) is 4.06. The standard InChI is InChI=1S/C9H15Cl2NO/c1-7(10)5-6-12(8(11)13)9(2,3)4/h5-7H,1-4H3/b6-5+. The number of rotatable bonds is 2. The summed E-state index contributed by atoms with van der Waals surface area (Å²) in [6.07, 6.45) is 3.33. The van der Waals surface area contributed by atoms with Gasteiger partial charge in [0, 0.05) is 11.7 Å². The third-order valence-corrected chi connectivity index (χ3v) is 1.74. The largest absolute Gasteiger partial charge is 0.320 e. The van der Waals surface area contributed by atoms with Crippen LogP contribution in [0.15, 0.2) is 12.3 Å². The Balaban J connectivity index is 4.55. The minimum Gasteiger partial charge on any atom is -0.301 e. The van der Waals surface area contributed by atoms with Gasteiger partial charge in [0.05, 0.1) is 5.38 Å². The zero-order chi connectivity index (χ0) is 10.6. The van der Waals surface area contributed by atoms with E-state index in [4.69, 9.17) is 23.2 Å². The molecule has 0 rings (SSSR count). The Hall–Kier alpha value is -0.210. The second kappa shape index (κ2) is 4.87. The van der Waals surface area contributed by atoms with E-state index in [0.717, 1.165) is 0 Å². The molecule has 0 heterocycles. The molecule has 0 spiro atoms. The molecule has 1 unspecified atom stereocenters. The van der Waals surface area contributed by atoms with Crippen LogP contribution in [-0.2, 0) is 0 Å². The van der Waals surface area contributed by atoms with Crippen molar-refractivity contribution in [1.82, 2.24) is 4.90 Å². The Morgan fingerprint density at radius 2 is 1.92 bits per heavy atom. The molecule has 0 aromatic heterocycles. The first-order chi connectivity index (χ1) is 5.75. The number of hydrogen-bond donors (Lipinski definition) is 0. The Morgan fingerprint density at radius 1 is 1.46 bits per heavy atom. The highest BCUT2D eigenvalue weighted by Gasteiger charge is 2.22. The van der Waals surface area contributed by atoms with Crippen molar-refractivity contribution in [2.75, 3.05) is 0 Å². The molecule has 0 aliphatic rings. The number of amides is 1. The lowest BCUT2D eigenvalue weighted by atomic mass is 10.1. The molecule has 13 heavy (non-hydrogen) atoms. The highest BCUT2D eigenvalue weighted by Crippen LogP contribution is 2.16. The summed E-state index contributed by atoms with van der Waals surface area (Å²) in [5.41, 5.74) is -0.318. The van der Waals surface area contributed by atoms with E-state index in [1.807, 2.05) is 27.7 Å². The summed E-state index contributed by atoms with van der Waals surface area (Å²) in [7, 11) is 0. The Kier molecular flexibility index (Phi) is 4.79. The zero-order valence-corrected chi connectivity index (χ0v) is 9.86. The monoisotopic (exact) mass is 223 g/mol. The van der Waals surface area contributed by atoms with Gasteiger partial charge in [0.1, 0.15) is 0 Å². The number of halogens is 2. The van der Waals surface area contributed by atoms with Crippen molar-refractivity contribution in [2.24, 2.45) is 0 Å². The van der Waals surface area contributed by atoms with Gasteiger partial charge in [0.15, 0.2) is 0 Å². The smallest absolute Gasteiger partial charge is 0.301 e. The average molecular weight is 224 g/mol. The van der Waals surface area contributed by atoms with E-state index in [9.17, 15) is 4.79 Å². The van der Waals surface area contributed by atoms with Crippen LogP contribution in [0.25, 0.3) is 0 Å². The van der Waals surface area contributed by atoms with Crippen LogP contribution in [0.3, 0.4) is 0 Å². The molecule has 0 bridgehead atoms. The minimum atomic E-state index is -0.499. The molecule has 76 valence electrons. The van der Waals surface area contributed by atoms with E-state index in [0.29, 0.717) is 0 Å². The van der Waals surface area contributed by atoms with Gasteiger partial charge < -0.3 is 4.90 Å². The van der Waals surface area contributed by atoms with E-state index < -0.39 is 5.37 Å². The number of carbonyl (C=O) groups is 1. The van der Waals surface area contributed by atoms with E-state index in [-0.39, 0.29) is 10.9 Å². The van der Waals surface area contributed by atoms with Crippen molar-refractivity contribution in [1.29, 1.82) is 0 Å². The molecule has 0 aromatic rings. The zero-order valence-electron chi connectivity index (χ0n) is 8.34. The van der Waals surface area contributed by atoms with Crippen LogP contribution < -0.4 is 0 Å². The van der Waals surface area contributed by atoms with Crippen LogP contribution in [0.5, 0.6) is 0 Å². The van der Waals surface area contributed by atoms with E-state index in [1.165, 1.54) is 4.90 Å². The summed E-state index contributed by atoms with van der Waals surface area (Å²) < 4.78 is 0. The Bertz CT molecular complexity index is 206. The van der Waals surface area contributed by atoms with Crippen LogP contribution in [0.4, 0.5) is 4.79 Å². The third kappa shape index (κ3) is 5.17.